The topological polar surface area (TPSA) is 97.6 Å². The molecule has 0 aliphatic carbocycles. The minimum atomic E-state index is -0.840. The molecule has 7 atom stereocenters. The molecule has 0 aromatic heterocycles. The van der Waals surface area contributed by atoms with Gasteiger partial charge in [0.15, 0.2) is 12.1 Å². The van der Waals surface area contributed by atoms with Crippen LogP contribution < -0.4 is 0 Å². The van der Waals surface area contributed by atoms with E-state index < -0.39 is 18.0 Å². The molecule has 3 aliphatic heterocycles. The Balaban J connectivity index is 1.64. The van der Waals surface area contributed by atoms with Crippen LogP contribution in [0.15, 0.2) is 0 Å². The zero-order chi connectivity index (χ0) is 16.4. The van der Waals surface area contributed by atoms with E-state index in [2.05, 4.69) is 0 Å². The van der Waals surface area contributed by atoms with Crippen LogP contribution in [0.4, 0.5) is 0 Å². The quantitative estimate of drug-likeness (QED) is 0.666. The van der Waals surface area contributed by atoms with Crippen molar-refractivity contribution in [2.75, 3.05) is 13.7 Å². The van der Waals surface area contributed by atoms with Gasteiger partial charge in [-0.05, 0) is 19.3 Å². The second-order valence-corrected chi connectivity index (χ2v) is 6.98. The van der Waals surface area contributed by atoms with E-state index in [1.54, 1.807) is 7.11 Å². The van der Waals surface area contributed by atoms with Crippen LogP contribution in [-0.2, 0) is 18.9 Å². The summed E-state index contributed by atoms with van der Waals surface area (Å²) >= 11 is 0. The van der Waals surface area contributed by atoms with Crippen LogP contribution in [0.2, 0.25) is 0 Å². The third kappa shape index (κ3) is 4.22. The summed E-state index contributed by atoms with van der Waals surface area (Å²) < 4.78 is 23.5. The van der Waals surface area contributed by atoms with E-state index in [0.29, 0.717) is 38.5 Å². The first kappa shape index (κ1) is 17.5. The van der Waals surface area contributed by atoms with Crippen molar-refractivity contribution >= 4 is 0 Å². The molecule has 134 valence electrons. The van der Waals surface area contributed by atoms with Gasteiger partial charge in [-0.25, -0.2) is 0 Å². The Morgan fingerprint density at radius 2 is 2.00 bits per heavy atom. The van der Waals surface area contributed by atoms with Crippen molar-refractivity contribution in [2.24, 2.45) is 0 Å². The summed E-state index contributed by atoms with van der Waals surface area (Å²) in [5.74, 6) is -0.840. The highest BCUT2D eigenvalue weighted by Gasteiger charge is 2.51. The number of ether oxygens (including phenoxy) is 4. The number of methoxy groups -OCH3 is 1. The molecule has 23 heavy (non-hydrogen) atoms. The molecule has 0 saturated carbocycles. The van der Waals surface area contributed by atoms with Crippen molar-refractivity contribution in [2.45, 2.75) is 87.5 Å². The number of rotatable bonds is 5. The standard InChI is InChI=1S/C16H28O7/c1-20-15-7-13-6-14(21-15)9-16(23-13)8-11(19)5-12(22-16)4-10(18)2-3-17/h10-15,17-19H,2-9H2,1H3/t10-,11+,12+,13-,14-,15?,16+/m1/s1. The van der Waals surface area contributed by atoms with Gasteiger partial charge in [-0.3, -0.25) is 0 Å². The monoisotopic (exact) mass is 332 g/mol. The highest BCUT2D eigenvalue weighted by molar-refractivity contribution is 4.93. The zero-order valence-electron chi connectivity index (χ0n) is 13.6. The fourth-order valence-electron chi connectivity index (χ4n) is 4.08. The average Bonchev–Trinajstić information content (AvgIpc) is 2.45. The van der Waals surface area contributed by atoms with Crippen LogP contribution in [0.25, 0.3) is 0 Å². The molecule has 3 N–H and O–H groups in total. The van der Waals surface area contributed by atoms with Crippen molar-refractivity contribution in [1.82, 2.24) is 0 Å². The summed E-state index contributed by atoms with van der Waals surface area (Å²) in [6.07, 6.45) is 1.96. The average molecular weight is 332 g/mol. The Morgan fingerprint density at radius 1 is 1.17 bits per heavy atom. The van der Waals surface area contributed by atoms with Crippen molar-refractivity contribution in [3.8, 4) is 0 Å². The molecule has 0 aromatic carbocycles. The third-order valence-corrected chi connectivity index (χ3v) is 4.97. The van der Waals surface area contributed by atoms with Crippen LogP contribution in [0, 0.1) is 0 Å². The summed E-state index contributed by atoms with van der Waals surface area (Å²) in [6, 6.07) is 0. The molecule has 0 amide bonds. The maximum Gasteiger partial charge on any atom is 0.173 e. The van der Waals surface area contributed by atoms with Gasteiger partial charge in [-0.2, -0.15) is 0 Å². The SMILES string of the molecule is COC1C[C@H]2C[C@H](C[C@]3(C[C@@H](O)C[C@H](C[C@H](O)CCO)O3)O2)O1. The Hall–Kier alpha value is -0.280. The molecule has 1 unspecified atom stereocenters. The van der Waals surface area contributed by atoms with Crippen molar-refractivity contribution in [3.63, 3.8) is 0 Å². The van der Waals surface area contributed by atoms with Gasteiger partial charge >= 0.3 is 0 Å². The van der Waals surface area contributed by atoms with E-state index in [4.69, 9.17) is 24.1 Å². The molecule has 0 aromatic rings. The molecular weight excluding hydrogens is 304 g/mol. The van der Waals surface area contributed by atoms with Gasteiger partial charge in [0.2, 0.25) is 0 Å². The van der Waals surface area contributed by atoms with Crippen molar-refractivity contribution in [1.29, 1.82) is 0 Å². The lowest BCUT2D eigenvalue weighted by molar-refractivity contribution is -0.370. The predicted molar refractivity (Wildman–Crippen MR) is 79.6 cm³/mol. The Morgan fingerprint density at radius 3 is 2.70 bits per heavy atom. The van der Waals surface area contributed by atoms with Gasteiger partial charge in [-0.1, -0.05) is 0 Å². The summed E-state index contributed by atoms with van der Waals surface area (Å²) in [5, 5.41) is 29.1. The number of hydrogen-bond acceptors (Lipinski definition) is 7. The first-order valence-electron chi connectivity index (χ1n) is 8.53. The van der Waals surface area contributed by atoms with E-state index in [9.17, 15) is 10.2 Å². The summed E-state index contributed by atoms with van der Waals surface area (Å²) in [4.78, 5) is 0. The lowest BCUT2D eigenvalue weighted by Crippen LogP contribution is -2.58. The number of aliphatic hydroxyl groups excluding tert-OH is 3. The molecule has 3 rings (SSSR count). The van der Waals surface area contributed by atoms with Gasteiger partial charge in [-0.15, -0.1) is 0 Å². The minimum absolute atomic E-state index is 0.000709. The summed E-state index contributed by atoms with van der Waals surface area (Å²) in [6.45, 7) is -0.0610. The fraction of sp³-hybridized carbons (Fsp3) is 1.00. The van der Waals surface area contributed by atoms with Gasteiger partial charge in [0.05, 0.1) is 30.5 Å². The second kappa shape index (κ2) is 7.31. The molecule has 3 heterocycles. The van der Waals surface area contributed by atoms with E-state index >= 15 is 0 Å². The number of fused-ring (bicyclic) bond motifs is 2. The van der Waals surface area contributed by atoms with Crippen LogP contribution in [0.5, 0.6) is 0 Å². The van der Waals surface area contributed by atoms with E-state index in [1.165, 1.54) is 0 Å². The van der Waals surface area contributed by atoms with Gasteiger partial charge in [0.25, 0.3) is 0 Å². The van der Waals surface area contributed by atoms with Crippen LogP contribution in [0.3, 0.4) is 0 Å². The lowest BCUT2D eigenvalue weighted by Gasteiger charge is -2.52. The molecule has 3 saturated heterocycles. The van der Waals surface area contributed by atoms with Crippen LogP contribution in [-0.4, -0.2) is 71.6 Å². The first-order chi connectivity index (χ1) is 11.0. The summed E-state index contributed by atoms with van der Waals surface area (Å²) in [7, 11) is 1.63. The second-order valence-electron chi connectivity index (χ2n) is 6.98. The van der Waals surface area contributed by atoms with Crippen molar-refractivity contribution in [3.05, 3.63) is 0 Å². The first-order valence-corrected chi connectivity index (χ1v) is 8.53. The Kier molecular flexibility index (Phi) is 5.57. The predicted octanol–water partition coefficient (Wildman–Crippen LogP) is 0.296. The Bertz CT molecular complexity index is 377. The van der Waals surface area contributed by atoms with Gasteiger partial charge in [0.1, 0.15) is 0 Å². The molecule has 3 aliphatic rings. The smallest absolute Gasteiger partial charge is 0.173 e. The number of hydrogen-bond donors (Lipinski definition) is 3. The van der Waals surface area contributed by atoms with Gasteiger partial charge < -0.3 is 34.3 Å². The van der Waals surface area contributed by atoms with Gasteiger partial charge in [0, 0.05) is 39.4 Å². The normalized spacial score (nSPS) is 45.1. The molecule has 7 nitrogen and oxygen atoms in total. The molecule has 7 heteroatoms. The minimum Gasteiger partial charge on any atom is -0.396 e. The maximum absolute atomic E-state index is 10.2. The molecule has 1 spiro atoms. The van der Waals surface area contributed by atoms with Crippen LogP contribution >= 0.6 is 0 Å². The Labute approximate surface area is 136 Å². The van der Waals surface area contributed by atoms with E-state index in [1.807, 2.05) is 0 Å². The van der Waals surface area contributed by atoms with Crippen molar-refractivity contribution < 1.29 is 34.3 Å². The zero-order valence-corrected chi connectivity index (χ0v) is 13.6. The molecule has 3 fully saturated rings. The van der Waals surface area contributed by atoms with Crippen LogP contribution in [0.1, 0.15) is 44.9 Å². The number of aliphatic hydroxyl groups is 3. The highest BCUT2D eigenvalue weighted by Crippen LogP contribution is 2.44. The van der Waals surface area contributed by atoms with E-state index in [-0.39, 0.29) is 31.2 Å². The summed E-state index contributed by atoms with van der Waals surface area (Å²) in [5.41, 5.74) is 0. The van der Waals surface area contributed by atoms with E-state index in [0.717, 1.165) is 6.42 Å². The third-order valence-electron chi connectivity index (χ3n) is 4.97. The maximum atomic E-state index is 10.2. The highest BCUT2D eigenvalue weighted by atomic mass is 16.7. The molecule has 2 bridgehead atoms. The lowest BCUT2D eigenvalue weighted by atomic mass is 9.86. The molecule has 0 radical (unpaired) electrons. The fourth-order valence-corrected chi connectivity index (χ4v) is 4.08. The molecular formula is C16H28O7. The largest absolute Gasteiger partial charge is 0.396 e.